The number of rotatable bonds is 4. The summed E-state index contributed by atoms with van der Waals surface area (Å²) in [4.78, 5) is 0. The summed E-state index contributed by atoms with van der Waals surface area (Å²) >= 11 is 0. The second-order valence-electron chi connectivity index (χ2n) is 5.92. The number of aryl methyl sites for hydroxylation is 3. The van der Waals surface area contributed by atoms with Crippen LogP contribution < -0.4 is 5.73 Å². The predicted molar refractivity (Wildman–Crippen MR) is 83.7 cm³/mol. The van der Waals surface area contributed by atoms with Crippen LogP contribution in [0.1, 0.15) is 48.4 Å². The van der Waals surface area contributed by atoms with Crippen molar-refractivity contribution in [2.45, 2.75) is 51.1 Å². The summed E-state index contributed by atoms with van der Waals surface area (Å²) in [5.74, 6) is 0. The smallest absolute Gasteiger partial charge is 0.0312 e. The van der Waals surface area contributed by atoms with Crippen LogP contribution in [0.25, 0.3) is 0 Å². The molecule has 2 nitrogen and oxygen atoms in total. The maximum atomic E-state index is 6.27. The molecular formula is C18H24N2. The first-order valence-corrected chi connectivity index (χ1v) is 7.81. The van der Waals surface area contributed by atoms with E-state index in [-0.39, 0.29) is 6.04 Å². The number of hydrogen-bond donors (Lipinski definition) is 1. The third kappa shape index (κ3) is 3.13. The molecule has 1 heterocycles. The van der Waals surface area contributed by atoms with Gasteiger partial charge in [0.15, 0.2) is 0 Å². The molecule has 0 amide bonds. The van der Waals surface area contributed by atoms with Gasteiger partial charge in [-0.2, -0.15) is 0 Å². The number of nitrogens with zero attached hydrogens (tertiary/aromatic N) is 1. The van der Waals surface area contributed by atoms with E-state index in [9.17, 15) is 0 Å². The molecule has 1 aliphatic rings. The highest BCUT2D eigenvalue weighted by Crippen LogP contribution is 2.27. The van der Waals surface area contributed by atoms with E-state index in [1.54, 1.807) is 0 Å². The third-order valence-electron chi connectivity index (χ3n) is 4.33. The van der Waals surface area contributed by atoms with Crippen LogP contribution in [0.2, 0.25) is 0 Å². The van der Waals surface area contributed by atoms with Crippen LogP contribution in [-0.4, -0.2) is 4.57 Å². The summed E-state index contributed by atoms with van der Waals surface area (Å²) in [6, 6.07) is 11.0. The van der Waals surface area contributed by atoms with E-state index >= 15 is 0 Å². The van der Waals surface area contributed by atoms with E-state index in [2.05, 4.69) is 47.3 Å². The maximum Gasteiger partial charge on any atom is 0.0312 e. The van der Waals surface area contributed by atoms with Gasteiger partial charge in [-0.05, 0) is 48.8 Å². The van der Waals surface area contributed by atoms with Gasteiger partial charge in [-0.25, -0.2) is 0 Å². The molecule has 0 radical (unpaired) electrons. The SMILES string of the molecule is NC1CCCCc2cn(CCCc3ccccc3)cc21. The molecule has 0 aliphatic heterocycles. The molecule has 0 saturated carbocycles. The molecule has 20 heavy (non-hydrogen) atoms. The van der Waals surface area contributed by atoms with Crippen molar-refractivity contribution in [3.05, 3.63) is 59.4 Å². The van der Waals surface area contributed by atoms with Crippen LogP contribution in [-0.2, 0) is 19.4 Å². The average Bonchev–Trinajstić information content (AvgIpc) is 2.80. The maximum absolute atomic E-state index is 6.27. The van der Waals surface area contributed by atoms with Gasteiger partial charge < -0.3 is 10.3 Å². The summed E-state index contributed by atoms with van der Waals surface area (Å²) in [5.41, 5.74) is 10.6. The largest absolute Gasteiger partial charge is 0.354 e. The molecule has 3 rings (SSSR count). The molecule has 1 aliphatic carbocycles. The van der Waals surface area contributed by atoms with E-state index in [0.717, 1.165) is 19.4 Å². The number of hydrogen-bond acceptors (Lipinski definition) is 1. The van der Waals surface area contributed by atoms with Crippen LogP contribution >= 0.6 is 0 Å². The Kier molecular flexibility index (Phi) is 4.22. The van der Waals surface area contributed by atoms with Crippen LogP contribution in [0.3, 0.4) is 0 Å². The van der Waals surface area contributed by atoms with Gasteiger partial charge in [0.05, 0.1) is 0 Å². The monoisotopic (exact) mass is 268 g/mol. The summed E-state index contributed by atoms with van der Waals surface area (Å²) in [6.07, 6.45) is 11.8. The van der Waals surface area contributed by atoms with E-state index in [1.165, 1.54) is 42.4 Å². The lowest BCUT2D eigenvalue weighted by atomic mass is 10.1. The van der Waals surface area contributed by atoms with Gasteiger partial charge >= 0.3 is 0 Å². The summed E-state index contributed by atoms with van der Waals surface area (Å²) in [7, 11) is 0. The quantitative estimate of drug-likeness (QED) is 0.839. The summed E-state index contributed by atoms with van der Waals surface area (Å²) in [5, 5.41) is 0. The zero-order chi connectivity index (χ0) is 13.8. The van der Waals surface area contributed by atoms with E-state index < -0.39 is 0 Å². The minimum absolute atomic E-state index is 0.253. The minimum atomic E-state index is 0.253. The average molecular weight is 268 g/mol. The van der Waals surface area contributed by atoms with Gasteiger partial charge in [0, 0.05) is 25.0 Å². The molecule has 2 heteroatoms. The van der Waals surface area contributed by atoms with Gasteiger partial charge in [-0.3, -0.25) is 0 Å². The lowest BCUT2D eigenvalue weighted by Crippen LogP contribution is -2.09. The highest BCUT2D eigenvalue weighted by Gasteiger charge is 2.16. The Hall–Kier alpha value is -1.54. The zero-order valence-corrected chi connectivity index (χ0v) is 12.1. The number of nitrogens with two attached hydrogens (primary N) is 1. The highest BCUT2D eigenvalue weighted by molar-refractivity contribution is 5.28. The molecule has 1 atom stereocenters. The molecule has 2 aromatic rings. The van der Waals surface area contributed by atoms with Crippen molar-refractivity contribution in [2.24, 2.45) is 5.73 Å². The lowest BCUT2D eigenvalue weighted by molar-refractivity contribution is 0.600. The number of aromatic nitrogens is 1. The fourth-order valence-electron chi connectivity index (χ4n) is 3.19. The van der Waals surface area contributed by atoms with Crippen molar-refractivity contribution >= 4 is 0 Å². The van der Waals surface area contributed by atoms with Gasteiger partial charge in [-0.1, -0.05) is 36.8 Å². The Morgan fingerprint density at radius 3 is 2.80 bits per heavy atom. The van der Waals surface area contributed by atoms with E-state index in [4.69, 9.17) is 5.73 Å². The van der Waals surface area contributed by atoms with E-state index in [1.807, 2.05) is 0 Å². The normalized spacial score (nSPS) is 18.6. The van der Waals surface area contributed by atoms with Crippen LogP contribution in [0.15, 0.2) is 42.7 Å². The first kappa shape index (κ1) is 13.4. The standard InChI is InChI=1S/C18H24N2/c19-18-11-5-4-10-16-13-20(14-17(16)18)12-6-9-15-7-2-1-3-8-15/h1-3,7-8,13-14,18H,4-6,9-12,19H2. The predicted octanol–water partition coefficient (Wildman–Crippen LogP) is 3.85. The fourth-order valence-corrected chi connectivity index (χ4v) is 3.19. The third-order valence-corrected chi connectivity index (χ3v) is 4.33. The molecule has 0 bridgehead atoms. The zero-order valence-electron chi connectivity index (χ0n) is 12.1. The Morgan fingerprint density at radius 1 is 1.10 bits per heavy atom. The topological polar surface area (TPSA) is 30.9 Å². The van der Waals surface area contributed by atoms with Crippen molar-refractivity contribution in [2.75, 3.05) is 0 Å². The molecule has 2 N–H and O–H groups in total. The van der Waals surface area contributed by atoms with Crippen molar-refractivity contribution in [1.82, 2.24) is 4.57 Å². The Balaban J connectivity index is 1.60. The first-order chi connectivity index (χ1) is 9.83. The molecule has 0 saturated heterocycles. The van der Waals surface area contributed by atoms with Gasteiger partial charge in [-0.15, -0.1) is 0 Å². The molecule has 0 spiro atoms. The molecular weight excluding hydrogens is 244 g/mol. The van der Waals surface area contributed by atoms with Gasteiger partial charge in [0.1, 0.15) is 0 Å². The molecule has 1 unspecified atom stereocenters. The van der Waals surface area contributed by atoms with E-state index in [0.29, 0.717) is 0 Å². The second kappa shape index (κ2) is 6.27. The fraction of sp³-hybridized carbons (Fsp3) is 0.444. The second-order valence-corrected chi connectivity index (χ2v) is 5.92. The van der Waals surface area contributed by atoms with Crippen molar-refractivity contribution in [1.29, 1.82) is 0 Å². The lowest BCUT2D eigenvalue weighted by Gasteiger charge is -2.07. The van der Waals surface area contributed by atoms with Gasteiger partial charge in [0.2, 0.25) is 0 Å². The molecule has 106 valence electrons. The first-order valence-electron chi connectivity index (χ1n) is 7.81. The van der Waals surface area contributed by atoms with Crippen molar-refractivity contribution in [3.63, 3.8) is 0 Å². The van der Waals surface area contributed by atoms with Crippen LogP contribution in [0.4, 0.5) is 0 Å². The van der Waals surface area contributed by atoms with Crippen molar-refractivity contribution < 1.29 is 0 Å². The number of fused-ring (bicyclic) bond motifs is 1. The molecule has 0 fully saturated rings. The molecule has 1 aromatic heterocycles. The number of benzene rings is 1. The summed E-state index contributed by atoms with van der Waals surface area (Å²) < 4.78 is 2.35. The van der Waals surface area contributed by atoms with Crippen LogP contribution in [0, 0.1) is 0 Å². The molecule has 1 aromatic carbocycles. The highest BCUT2D eigenvalue weighted by atomic mass is 14.9. The van der Waals surface area contributed by atoms with Crippen molar-refractivity contribution in [3.8, 4) is 0 Å². The Morgan fingerprint density at radius 2 is 1.95 bits per heavy atom. The Labute approximate surface area is 121 Å². The Bertz CT molecular complexity index is 542. The van der Waals surface area contributed by atoms with Crippen LogP contribution in [0.5, 0.6) is 0 Å². The minimum Gasteiger partial charge on any atom is -0.354 e. The van der Waals surface area contributed by atoms with Gasteiger partial charge in [0.25, 0.3) is 0 Å². The summed E-state index contributed by atoms with van der Waals surface area (Å²) in [6.45, 7) is 1.09.